The lowest BCUT2D eigenvalue weighted by Crippen LogP contribution is -2.13. The van der Waals surface area contributed by atoms with Crippen LogP contribution in [0.4, 0.5) is 0 Å². The highest BCUT2D eigenvalue weighted by atomic mass is 16.3. The molecule has 1 aliphatic carbocycles. The van der Waals surface area contributed by atoms with E-state index in [1.54, 1.807) is 6.07 Å². The van der Waals surface area contributed by atoms with Gasteiger partial charge in [-0.15, -0.1) is 0 Å². The van der Waals surface area contributed by atoms with Gasteiger partial charge >= 0.3 is 0 Å². The maximum absolute atomic E-state index is 9.01. The van der Waals surface area contributed by atoms with Crippen LogP contribution >= 0.6 is 0 Å². The second kappa shape index (κ2) is 2.54. The Morgan fingerprint density at radius 3 is 2.67 bits per heavy atom. The molecule has 0 aromatic carbocycles. The van der Waals surface area contributed by atoms with Gasteiger partial charge in [0.25, 0.3) is 0 Å². The van der Waals surface area contributed by atoms with Crippen LogP contribution in [0.3, 0.4) is 0 Å². The van der Waals surface area contributed by atoms with Gasteiger partial charge in [0, 0.05) is 5.92 Å². The Balaban J connectivity index is 2.42. The molecule has 9 heavy (non-hydrogen) atoms. The number of allylic oxidation sites excluding steroid dienone is 2. The van der Waals surface area contributed by atoms with Crippen molar-refractivity contribution >= 4 is 0 Å². The lowest BCUT2D eigenvalue weighted by Gasteiger charge is -2.23. The minimum Gasteiger partial charge on any atom is -0.511 e. The minimum absolute atomic E-state index is 0.267. The summed E-state index contributed by atoms with van der Waals surface area (Å²) in [5, 5.41) is 17.1. The second-order valence-corrected chi connectivity index (χ2v) is 2.33. The lowest BCUT2D eigenvalue weighted by atomic mass is 9.84. The van der Waals surface area contributed by atoms with Gasteiger partial charge in [-0.3, -0.25) is 0 Å². The summed E-state index contributed by atoms with van der Waals surface area (Å²) in [5.41, 5.74) is 0. The quantitative estimate of drug-likeness (QED) is 0.426. The van der Waals surface area contributed by atoms with Gasteiger partial charge in [0.2, 0.25) is 0 Å². The van der Waals surface area contributed by atoms with Crippen molar-refractivity contribution in [2.45, 2.75) is 19.3 Å². The molecule has 0 spiro atoms. The predicted octanol–water partition coefficient (Wildman–Crippen LogP) is 1.75. The monoisotopic (exact) mass is 123 g/mol. The molecule has 2 heteroatoms. The van der Waals surface area contributed by atoms with Crippen molar-refractivity contribution in [3.05, 3.63) is 11.8 Å². The van der Waals surface area contributed by atoms with E-state index in [0.29, 0.717) is 5.92 Å². The SMILES string of the molecule is N#C/C=C(\O)C1CCC1. The molecule has 1 aliphatic rings. The smallest absolute Gasteiger partial charge is 0.106 e. The molecule has 0 atom stereocenters. The van der Waals surface area contributed by atoms with Crippen LogP contribution in [0.5, 0.6) is 0 Å². The van der Waals surface area contributed by atoms with Gasteiger partial charge in [-0.25, -0.2) is 0 Å². The molecule has 0 aromatic heterocycles. The maximum Gasteiger partial charge on any atom is 0.106 e. The molecule has 0 unspecified atom stereocenters. The van der Waals surface area contributed by atoms with E-state index in [1.165, 1.54) is 12.5 Å². The Hall–Kier alpha value is -0.970. The number of hydrogen-bond donors (Lipinski definition) is 1. The van der Waals surface area contributed by atoms with Crippen LogP contribution in [0.25, 0.3) is 0 Å². The van der Waals surface area contributed by atoms with Crippen molar-refractivity contribution in [2.75, 3.05) is 0 Å². The summed E-state index contributed by atoms with van der Waals surface area (Å²) in [6.07, 6.45) is 4.51. The summed E-state index contributed by atoms with van der Waals surface area (Å²) in [6.45, 7) is 0. The van der Waals surface area contributed by atoms with Crippen LogP contribution in [0.15, 0.2) is 11.8 Å². The molecule has 0 aromatic rings. The molecule has 0 amide bonds. The summed E-state index contributed by atoms with van der Waals surface area (Å²) in [6, 6.07) is 1.80. The summed E-state index contributed by atoms with van der Waals surface area (Å²) in [7, 11) is 0. The van der Waals surface area contributed by atoms with E-state index in [-0.39, 0.29) is 5.76 Å². The van der Waals surface area contributed by atoms with Crippen LogP contribution in [0.1, 0.15) is 19.3 Å². The molecule has 0 aliphatic heterocycles. The summed E-state index contributed by atoms with van der Waals surface area (Å²) in [5.74, 6) is 0.563. The molecule has 48 valence electrons. The van der Waals surface area contributed by atoms with E-state index in [4.69, 9.17) is 10.4 Å². The van der Waals surface area contributed by atoms with E-state index >= 15 is 0 Å². The standard InChI is InChI=1S/C7H9NO/c8-5-4-7(9)6-2-1-3-6/h4,6,9H,1-3H2/b7-4-. The van der Waals surface area contributed by atoms with Crippen LogP contribution in [0, 0.1) is 17.2 Å². The predicted molar refractivity (Wildman–Crippen MR) is 33.7 cm³/mol. The number of hydrogen-bond acceptors (Lipinski definition) is 2. The van der Waals surface area contributed by atoms with Gasteiger partial charge in [0.1, 0.15) is 5.76 Å². The molecule has 1 rings (SSSR count). The highest BCUT2D eigenvalue weighted by Gasteiger charge is 2.20. The van der Waals surface area contributed by atoms with Crippen molar-refractivity contribution < 1.29 is 5.11 Å². The number of aliphatic hydroxyl groups excluding tert-OH is 1. The van der Waals surface area contributed by atoms with E-state index in [1.807, 2.05) is 0 Å². The number of rotatable bonds is 1. The van der Waals surface area contributed by atoms with Crippen LogP contribution in [-0.2, 0) is 0 Å². The Bertz CT molecular complexity index is 162. The van der Waals surface area contributed by atoms with Gasteiger partial charge in [0.05, 0.1) is 12.1 Å². The van der Waals surface area contributed by atoms with Gasteiger partial charge in [-0.2, -0.15) is 5.26 Å². The van der Waals surface area contributed by atoms with E-state index < -0.39 is 0 Å². The first-order valence-corrected chi connectivity index (χ1v) is 3.13. The van der Waals surface area contributed by atoms with Crippen LogP contribution in [0.2, 0.25) is 0 Å². The van der Waals surface area contributed by atoms with E-state index in [0.717, 1.165) is 12.8 Å². The molecule has 0 bridgehead atoms. The zero-order valence-electron chi connectivity index (χ0n) is 5.17. The topological polar surface area (TPSA) is 44.0 Å². The number of nitriles is 1. The fourth-order valence-corrected chi connectivity index (χ4v) is 0.888. The first-order chi connectivity index (χ1) is 4.34. The van der Waals surface area contributed by atoms with Crippen LogP contribution < -0.4 is 0 Å². The second-order valence-electron chi connectivity index (χ2n) is 2.33. The molecule has 1 fully saturated rings. The minimum atomic E-state index is 0.267. The average molecular weight is 123 g/mol. The first kappa shape index (κ1) is 6.15. The Morgan fingerprint density at radius 1 is 1.67 bits per heavy atom. The highest BCUT2D eigenvalue weighted by Crippen LogP contribution is 2.31. The summed E-state index contributed by atoms with van der Waals surface area (Å²) < 4.78 is 0. The zero-order chi connectivity index (χ0) is 6.69. The highest BCUT2D eigenvalue weighted by molar-refractivity contribution is 5.11. The van der Waals surface area contributed by atoms with E-state index in [9.17, 15) is 0 Å². The Morgan fingerprint density at radius 2 is 2.33 bits per heavy atom. The fraction of sp³-hybridized carbons (Fsp3) is 0.571. The largest absolute Gasteiger partial charge is 0.511 e. The zero-order valence-corrected chi connectivity index (χ0v) is 5.17. The van der Waals surface area contributed by atoms with Gasteiger partial charge < -0.3 is 5.11 Å². The average Bonchev–Trinajstić information content (AvgIpc) is 1.60. The Labute approximate surface area is 54.4 Å². The lowest BCUT2D eigenvalue weighted by molar-refractivity contribution is 0.246. The van der Waals surface area contributed by atoms with Crippen molar-refractivity contribution in [1.29, 1.82) is 5.26 Å². The summed E-state index contributed by atoms with van der Waals surface area (Å²) >= 11 is 0. The molecule has 2 nitrogen and oxygen atoms in total. The van der Waals surface area contributed by atoms with Crippen molar-refractivity contribution in [3.63, 3.8) is 0 Å². The fourth-order valence-electron chi connectivity index (χ4n) is 0.888. The third-order valence-electron chi connectivity index (χ3n) is 1.74. The van der Waals surface area contributed by atoms with Gasteiger partial charge in [0.15, 0.2) is 0 Å². The first-order valence-electron chi connectivity index (χ1n) is 3.13. The van der Waals surface area contributed by atoms with Gasteiger partial charge in [-0.05, 0) is 12.8 Å². The number of nitrogens with zero attached hydrogens (tertiary/aromatic N) is 1. The molecular weight excluding hydrogens is 114 g/mol. The van der Waals surface area contributed by atoms with Crippen molar-refractivity contribution in [2.24, 2.45) is 5.92 Å². The normalized spacial score (nSPS) is 20.6. The molecule has 0 saturated heterocycles. The summed E-state index contributed by atoms with van der Waals surface area (Å²) in [4.78, 5) is 0. The maximum atomic E-state index is 9.01. The van der Waals surface area contributed by atoms with Gasteiger partial charge in [-0.1, -0.05) is 6.42 Å². The molecule has 1 N–H and O–H groups in total. The third-order valence-corrected chi connectivity index (χ3v) is 1.74. The number of aliphatic hydroxyl groups is 1. The molecule has 0 heterocycles. The molecule has 0 radical (unpaired) electrons. The van der Waals surface area contributed by atoms with Crippen LogP contribution in [-0.4, -0.2) is 5.11 Å². The molecule has 1 saturated carbocycles. The van der Waals surface area contributed by atoms with Crippen molar-refractivity contribution in [3.8, 4) is 6.07 Å². The van der Waals surface area contributed by atoms with Crippen molar-refractivity contribution in [1.82, 2.24) is 0 Å². The molecular formula is C7H9NO. The Kier molecular flexibility index (Phi) is 1.74. The third kappa shape index (κ3) is 1.23. The van der Waals surface area contributed by atoms with E-state index in [2.05, 4.69) is 0 Å².